The number of oxime groups is 1. The van der Waals surface area contributed by atoms with E-state index in [0.29, 0.717) is 12.5 Å². The summed E-state index contributed by atoms with van der Waals surface area (Å²) in [4.78, 5) is 9.76. The Balaban J connectivity index is 1.61. The van der Waals surface area contributed by atoms with E-state index in [4.69, 9.17) is 9.94 Å². The van der Waals surface area contributed by atoms with Gasteiger partial charge in [-0.3, -0.25) is 4.68 Å². The first kappa shape index (κ1) is 24.0. The van der Waals surface area contributed by atoms with Gasteiger partial charge in [-0.05, 0) is 54.8 Å². The third kappa shape index (κ3) is 3.61. The summed E-state index contributed by atoms with van der Waals surface area (Å²) in [7, 11) is 1.97. The molecule has 0 amide bonds. The molecule has 0 atom stereocenters. The Bertz CT molecular complexity index is 1900. The molecule has 0 saturated carbocycles. The molecule has 0 unspecified atom stereocenters. The Morgan fingerprint density at radius 3 is 2.85 bits per heavy atom. The van der Waals surface area contributed by atoms with Crippen molar-refractivity contribution in [2.24, 2.45) is 18.1 Å². The molecule has 2 N–H and O–H groups in total. The molecule has 0 aliphatic heterocycles. The third-order valence-corrected chi connectivity index (χ3v) is 8.55. The van der Waals surface area contributed by atoms with Crippen molar-refractivity contribution in [2.75, 3.05) is 6.61 Å². The second-order valence-electron chi connectivity index (χ2n) is 10.7. The van der Waals surface area contributed by atoms with Crippen LogP contribution in [0.25, 0.3) is 43.7 Å². The van der Waals surface area contributed by atoms with Crippen LogP contribution in [0.1, 0.15) is 42.5 Å². The predicted octanol–water partition coefficient (Wildman–Crippen LogP) is 6.99. The molecule has 0 fully saturated rings. The van der Waals surface area contributed by atoms with E-state index in [1.165, 1.54) is 22.0 Å². The molecule has 0 radical (unpaired) electrons. The van der Waals surface area contributed by atoms with Crippen LogP contribution in [0.4, 0.5) is 0 Å². The maximum Gasteiger partial charge on any atom is 0.197 e. The van der Waals surface area contributed by atoms with Gasteiger partial charge in [0.15, 0.2) is 5.88 Å². The summed E-state index contributed by atoms with van der Waals surface area (Å²) in [5.74, 6) is 0.672. The monoisotopic (exact) mass is 537 g/mol. The Morgan fingerprint density at radius 1 is 1.21 bits per heavy atom. The van der Waals surface area contributed by atoms with Gasteiger partial charge in [0.1, 0.15) is 12.3 Å². The van der Waals surface area contributed by atoms with Crippen LogP contribution in [0.5, 0.6) is 5.88 Å². The molecular formula is C31H31N5O2S. The lowest BCUT2D eigenvalue weighted by atomic mass is 9.85. The highest BCUT2D eigenvalue weighted by Gasteiger charge is 2.30. The van der Waals surface area contributed by atoms with Gasteiger partial charge in [0.25, 0.3) is 0 Å². The fourth-order valence-electron chi connectivity index (χ4n) is 6.27. The number of aromatic hydroxyl groups is 1. The molecule has 0 spiro atoms. The number of benzene rings is 2. The minimum Gasteiger partial charge on any atom is -0.494 e. The van der Waals surface area contributed by atoms with E-state index in [2.05, 4.69) is 64.4 Å². The third-order valence-electron chi connectivity index (χ3n) is 7.68. The van der Waals surface area contributed by atoms with E-state index in [-0.39, 0.29) is 5.88 Å². The van der Waals surface area contributed by atoms with E-state index >= 15 is 0 Å². The normalized spacial score (nSPS) is 13.6. The quantitative estimate of drug-likeness (QED) is 0.178. The van der Waals surface area contributed by atoms with Crippen LogP contribution in [-0.4, -0.2) is 36.8 Å². The van der Waals surface area contributed by atoms with E-state index in [0.717, 1.165) is 68.5 Å². The molecule has 39 heavy (non-hydrogen) atoms. The Labute approximate surface area is 230 Å². The first-order valence-electron chi connectivity index (χ1n) is 13.5. The predicted molar refractivity (Wildman–Crippen MR) is 159 cm³/mol. The van der Waals surface area contributed by atoms with Crippen molar-refractivity contribution in [3.63, 3.8) is 0 Å². The van der Waals surface area contributed by atoms with Gasteiger partial charge >= 0.3 is 0 Å². The zero-order valence-electron chi connectivity index (χ0n) is 22.6. The number of hydrogen-bond donors (Lipinski definition) is 2. The Hall–Kier alpha value is -4.04. The molecule has 0 saturated heterocycles. The molecule has 198 valence electrons. The lowest BCUT2D eigenvalue weighted by Crippen LogP contribution is -2.09. The maximum absolute atomic E-state index is 11.1. The van der Waals surface area contributed by atoms with Crippen molar-refractivity contribution in [3.8, 4) is 17.0 Å². The van der Waals surface area contributed by atoms with Crippen LogP contribution in [0.2, 0.25) is 0 Å². The number of rotatable bonds is 6. The molecule has 8 heteroatoms. The largest absolute Gasteiger partial charge is 0.494 e. The summed E-state index contributed by atoms with van der Waals surface area (Å²) < 4.78 is 4.38. The highest BCUT2D eigenvalue weighted by Crippen LogP contribution is 2.49. The number of aromatic amines is 1. The van der Waals surface area contributed by atoms with E-state index in [1.807, 2.05) is 30.9 Å². The van der Waals surface area contributed by atoms with Crippen molar-refractivity contribution < 1.29 is 9.94 Å². The summed E-state index contributed by atoms with van der Waals surface area (Å²) in [6.45, 7) is 7.89. The topological polar surface area (TPSA) is 80.4 Å². The second kappa shape index (κ2) is 9.02. The maximum atomic E-state index is 11.1. The van der Waals surface area contributed by atoms with Gasteiger partial charge < -0.3 is 19.5 Å². The summed E-state index contributed by atoms with van der Waals surface area (Å²) in [6.07, 6.45) is 5.81. The molecule has 4 aromatic heterocycles. The molecule has 1 aliphatic carbocycles. The number of nitrogens with zero attached hydrogens (tertiary/aromatic N) is 4. The lowest BCUT2D eigenvalue weighted by Gasteiger charge is -2.21. The fourth-order valence-corrected chi connectivity index (χ4v) is 7.00. The summed E-state index contributed by atoms with van der Waals surface area (Å²) in [5.41, 5.74) is 8.90. The molecule has 0 bridgehead atoms. The number of aryl methyl sites for hydroxylation is 3. The lowest BCUT2D eigenvalue weighted by molar-refractivity contribution is 0.159. The van der Waals surface area contributed by atoms with Crippen LogP contribution in [0.15, 0.2) is 53.3 Å². The Morgan fingerprint density at radius 2 is 2.08 bits per heavy atom. The zero-order valence-corrected chi connectivity index (χ0v) is 23.4. The second-order valence-corrected chi connectivity index (χ2v) is 11.7. The molecule has 4 heterocycles. The van der Waals surface area contributed by atoms with E-state index in [1.54, 1.807) is 11.3 Å². The highest BCUT2D eigenvalue weighted by molar-refractivity contribution is 7.12. The zero-order chi connectivity index (χ0) is 26.8. The molecule has 2 aromatic carbocycles. The van der Waals surface area contributed by atoms with Crippen molar-refractivity contribution in [1.29, 1.82) is 0 Å². The highest BCUT2D eigenvalue weighted by atomic mass is 32.1. The molecular weight excluding hydrogens is 506 g/mol. The smallest absolute Gasteiger partial charge is 0.197 e. The van der Waals surface area contributed by atoms with Crippen molar-refractivity contribution in [3.05, 3.63) is 69.8 Å². The number of nitrogens with one attached hydrogen (secondary N) is 1. The van der Waals surface area contributed by atoms with Crippen LogP contribution in [0.3, 0.4) is 0 Å². The average molecular weight is 538 g/mol. The summed E-state index contributed by atoms with van der Waals surface area (Å²) in [5, 5.41) is 26.7. The van der Waals surface area contributed by atoms with Crippen LogP contribution < -0.4 is 0 Å². The molecule has 7 nitrogen and oxygen atoms in total. The molecule has 1 aliphatic rings. The van der Waals surface area contributed by atoms with E-state index in [9.17, 15) is 5.11 Å². The SMILES string of the molecule is CCON=C(c1ccc2c(c1)c1c3c[nH]c(O)c3c3c(c1n2CC(C)C)CCc1nn(C)cc1-3)c1cccs1. The van der Waals surface area contributed by atoms with Gasteiger partial charge in [0.2, 0.25) is 0 Å². The van der Waals surface area contributed by atoms with Crippen LogP contribution in [-0.2, 0) is 31.3 Å². The number of fused-ring (bicyclic) bond motifs is 10. The first-order valence-corrected chi connectivity index (χ1v) is 14.4. The molecule has 7 rings (SSSR count). The average Bonchev–Trinajstić information content (AvgIpc) is 3.70. The van der Waals surface area contributed by atoms with Crippen molar-refractivity contribution >= 4 is 49.6 Å². The fraction of sp³-hybridized carbons (Fsp3) is 0.290. The van der Waals surface area contributed by atoms with E-state index < -0.39 is 0 Å². The minimum absolute atomic E-state index is 0.206. The Kier molecular flexibility index (Phi) is 5.56. The summed E-state index contributed by atoms with van der Waals surface area (Å²) >= 11 is 1.66. The number of H-pyrrole nitrogens is 1. The van der Waals surface area contributed by atoms with Gasteiger partial charge in [0, 0.05) is 64.4 Å². The van der Waals surface area contributed by atoms with Crippen molar-refractivity contribution in [2.45, 2.75) is 40.2 Å². The van der Waals surface area contributed by atoms with Gasteiger partial charge in [0.05, 0.1) is 21.5 Å². The summed E-state index contributed by atoms with van der Waals surface area (Å²) in [6, 6.07) is 10.8. The number of aromatic nitrogens is 4. The van der Waals surface area contributed by atoms with Crippen LogP contribution in [0, 0.1) is 5.92 Å². The number of thiophene rings is 1. The first-order chi connectivity index (χ1) is 19.0. The van der Waals surface area contributed by atoms with Gasteiger partial charge in [-0.15, -0.1) is 11.3 Å². The number of hydrogen-bond acceptors (Lipinski definition) is 5. The van der Waals surface area contributed by atoms with Crippen LogP contribution >= 0.6 is 11.3 Å². The van der Waals surface area contributed by atoms with Gasteiger partial charge in [-0.25, -0.2) is 0 Å². The standard InChI is InChI=1S/C31H31N5O2S/c1-5-38-34-29(25-7-6-12-39-25)18-8-11-24-20(13-18)27-21-14-32-31(37)28(21)26-19(30(27)36(24)15-17(2)3)9-10-23-22(26)16-35(4)33-23/h6-8,11-14,16-17,32,37H,5,9-10,15H2,1-4H3. The van der Waals surface area contributed by atoms with Gasteiger partial charge in [-0.2, -0.15) is 5.10 Å². The minimum atomic E-state index is 0.206. The molecule has 6 aromatic rings. The van der Waals surface area contributed by atoms with Crippen molar-refractivity contribution in [1.82, 2.24) is 19.3 Å². The van der Waals surface area contributed by atoms with Gasteiger partial charge in [-0.1, -0.05) is 31.1 Å².